The molecular formula is C14H22F2N2S. The van der Waals surface area contributed by atoms with Gasteiger partial charge >= 0.3 is 0 Å². The average Bonchev–Trinajstić information content (AvgIpc) is 2.80. The molecule has 0 amide bonds. The number of rotatable bonds is 6. The fourth-order valence-electron chi connectivity index (χ4n) is 3.02. The summed E-state index contributed by atoms with van der Waals surface area (Å²) in [7, 11) is 0. The van der Waals surface area contributed by atoms with Gasteiger partial charge < -0.3 is 0 Å². The number of hydrogen-bond donors (Lipinski definition) is 0. The van der Waals surface area contributed by atoms with Crippen LogP contribution in [-0.2, 0) is 5.41 Å². The van der Waals surface area contributed by atoms with Crippen LogP contribution in [0.2, 0.25) is 0 Å². The maximum Gasteiger partial charge on any atom is 0.276 e. The van der Waals surface area contributed by atoms with Crippen LogP contribution < -0.4 is 0 Å². The van der Waals surface area contributed by atoms with Gasteiger partial charge in [-0.15, -0.1) is 11.3 Å². The highest BCUT2D eigenvalue weighted by Gasteiger charge is 2.61. The van der Waals surface area contributed by atoms with Gasteiger partial charge in [-0.1, -0.05) is 33.6 Å². The lowest BCUT2D eigenvalue weighted by Crippen LogP contribution is -2.71. The third-order valence-corrected chi connectivity index (χ3v) is 5.01. The molecule has 1 saturated heterocycles. The molecule has 1 fully saturated rings. The van der Waals surface area contributed by atoms with E-state index in [0.717, 1.165) is 30.8 Å². The summed E-state index contributed by atoms with van der Waals surface area (Å²) in [5.74, 6) is -2.60. The van der Waals surface area contributed by atoms with E-state index < -0.39 is 17.4 Å². The standard InChI is InChI=1S/C14H22F2N2S/c1-4-5-6-8-18-10-14(15,16)11(18)13(2,3)12-17-7-9-19-12/h7,9,11H,4-6,8,10H2,1-3H3. The zero-order valence-corrected chi connectivity index (χ0v) is 12.6. The fourth-order valence-corrected chi connectivity index (χ4v) is 3.81. The molecule has 1 aromatic heterocycles. The van der Waals surface area contributed by atoms with Crippen molar-refractivity contribution in [2.24, 2.45) is 0 Å². The fraction of sp³-hybridized carbons (Fsp3) is 0.786. The van der Waals surface area contributed by atoms with Gasteiger partial charge in [0.1, 0.15) is 0 Å². The van der Waals surface area contributed by atoms with Crippen LogP contribution in [0.15, 0.2) is 11.6 Å². The third kappa shape index (κ3) is 2.82. The zero-order chi connectivity index (χ0) is 14.1. The first-order chi connectivity index (χ1) is 8.89. The van der Waals surface area contributed by atoms with Crippen molar-refractivity contribution in [3.8, 4) is 0 Å². The summed E-state index contributed by atoms with van der Waals surface area (Å²) in [4.78, 5) is 6.17. The van der Waals surface area contributed by atoms with E-state index in [1.165, 1.54) is 11.3 Å². The molecule has 1 aliphatic rings. The number of aromatic nitrogens is 1. The van der Waals surface area contributed by atoms with Crippen molar-refractivity contribution in [1.29, 1.82) is 0 Å². The van der Waals surface area contributed by atoms with Crippen molar-refractivity contribution in [2.45, 2.75) is 57.4 Å². The largest absolute Gasteiger partial charge is 0.288 e. The summed E-state index contributed by atoms with van der Waals surface area (Å²) < 4.78 is 28.0. The summed E-state index contributed by atoms with van der Waals surface area (Å²) in [6.07, 6.45) is 4.91. The second-order valence-electron chi connectivity index (χ2n) is 5.90. The van der Waals surface area contributed by atoms with E-state index in [0.29, 0.717) is 0 Å². The second kappa shape index (κ2) is 5.44. The summed E-state index contributed by atoms with van der Waals surface area (Å²) in [6.45, 7) is 6.56. The Morgan fingerprint density at radius 1 is 1.47 bits per heavy atom. The zero-order valence-electron chi connectivity index (χ0n) is 11.8. The molecule has 2 heterocycles. The van der Waals surface area contributed by atoms with Crippen LogP contribution in [-0.4, -0.2) is 34.9 Å². The normalized spacial score (nSPS) is 23.3. The molecule has 0 bridgehead atoms. The minimum absolute atomic E-state index is 0.101. The van der Waals surface area contributed by atoms with E-state index in [-0.39, 0.29) is 6.54 Å². The molecule has 0 aromatic carbocycles. The van der Waals surface area contributed by atoms with Crippen LogP contribution in [0.5, 0.6) is 0 Å². The Kier molecular flexibility index (Phi) is 4.26. The third-order valence-electron chi connectivity index (χ3n) is 3.90. The minimum atomic E-state index is -2.60. The van der Waals surface area contributed by atoms with Crippen molar-refractivity contribution in [2.75, 3.05) is 13.1 Å². The summed E-state index contributed by atoms with van der Waals surface area (Å²) >= 11 is 1.47. The van der Waals surface area contributed by atoms with Crippen LogP contribution in [0.1, 0.15) is 45.0 Å². The highest BCUT2D eigenvalue weighted by molar-refractivity contribution is 7.09. The Morgan fingerprint density at radius 2 is 2.21 bits per heavy atom. The quantitative estimate of drug-likeness (QED) is 0.737. The van der Waals surface area contributed by atoms with Crippen LogP contribution in [0.25, 0.3) is 0 Å². The Bertz CT molecular complexity index is 404. The number of alkyl halides is 2. The molecule has 1 atom stereocenters. The molecule has 0 saturated carbocycles. The average molecular weight is 288 g/mol. The summed E-state index contributed by atoms with van der Waals surface area (Å²) in [6, 6.07) is -0.719. The van der Waals surface area contributed by atoms with Gasteiger partial charge in [-0.05, 0) is 13.0 Å². The van der Waals surface area contributed by atoms with E-state index in [9.17, 15) is 8.78 Å². The van der Waals surface area contributed by atoms with Crippen molar-refractivity contribution < 1.29 is 8.78 Å². The van der Waals surface area contributed by atoms with Gasteiger partial charge in [0, 0.05) is 17.0 Å². The Labute approximate surface area is 117 Å². The van der Waals surface area contributed by atoms with Gasteiger partial charge in [0.15, 0.2) is 0 Å². The highest BCUT2D eigenvalue weighted by atomic mass is 32.1. The topological polar surface area (TPSA) is 16.1 Å². The first kappa shape index (κ1) is 14.9. The maximum absolute atomic E-state index is 14.0. The van der Waals surface area contributed by atoms with Crippen LogP contribution in [0.3, 0.4) is 0 Å². The van der Waals surface area contributed by atoms with Gasteiger partial charge in [0.2, 0.25) is 0 Å². The van der Waals surface area contributed by atoms with Crippen molar-refractivity contribution in [3.05, 3.63) is 16.6 Å². The smallest absolute Gasteiger partial charge is 0.276 e. The second-order valence-corrected chi connectivity index (χ2v) is 6.79. The number of likely N-dealkylation sites (tertiary alicyclic amines) is 1. The van der Waals surface area contributed by atoms with Crippen LogP contribution in [0.4, 0.5) is 8.78 Å². The predicted octanol–water partition coefficient (Wildman–Crippen LogP) is 3.93. The number of nitrogens with zero attached hydrogens (tertiary/aromatic N) is 2. The molecule has 19 heavy (non-hydrogen) atoms. The van der Waals surface area contributed by atoms with Crippen molar-refractivity contribution in [1.82, 2.24) is 9.88 Å². The van der Waals surface area contributed by atoms with E-state index in [4.69, 9.17) is 0 Å². The number of thiazole rings is 1. The van der Waals surface area contributed by atoms with Gasteiger partial charge in [0.05, 0.1) is 17.6 Å². The first-order valence-electron chi connectivity index (χ1n) is 6.91. The Morgan fingerprint density at radius 3 is 2.74 bits per heavy atom. The molecular weight excluding hydrogens is 266 g/mol. The molecule has 2 rings (SSSR count). The first-order valence-corrected chi connectivity index (χ1v) is 7.79. The number of unbranched alkanes of at least 4 members (excludes halogenated alkanes) is 2. The SMILES string of the molecule is CCCCCN1CC(F)(F)C1C(C)(C)c1nccs1. The molecule has 2 nitrogen and oxygen atoms in total. The molecule has 0 aliphatic carbocycles. The summed E-state index contributed by atoms with van der Waals surface area (Å²) in [5.41, 5.74) is -0.595. The van der Waals surface area contributed by atoms with Crippen molar-refractivity contribution >= 4 is 11.3 Å². The van der Waals surface area contributed by atoms with Crippen molar-refractivity contribution in [3.63, 3.8) is 0 Å². The lowest BCUT2D eigenvalue weighted by atomic mass is 9.75. The lowest BCUT2D eigenvalue weighted by Gasteiger charge is -2.54. The van der Waals surface area contributed by atoms with E-state index in [1.54, 1.807) is 6.20 Å². The Hall–Kier alpha value is -0.550. The van der Waals surface area contributed by atoms with Crippen LogP contribution >= 0.6 is 11.3 Å². The maximum atomic E-state index is 14.0. The summed E-state index contributed by atoms with van der Waals surface area (Å²) in [5, 5.41) is 2.66. The molecule has 0 spiro atoms. The monoisotopic (exact) mass is 288 g/mol. The molecule has 1 aromatic rings. The number of halogens is 2. The van der Waals surface area contributed by atoms with Gasteiger partial charge in [-0.2, -0.15) is 0 Å². The van der Waals surface area contributed by atoms with E-state index >= 15 is 0 Å². The minimum Gasteiger partial charge on any atom is -0.288 e. The van der Waals surface area contributed by atoms with E-state index in [1.807, 2.05) is 24.1 Å². The molecule has 0 N–H and O–H groups in total. The van der Waals surface area contributed by atoms with Gasteiger partial charge in [-0.3, -0.25) is 4.90 Å². The molecule has 1 unspecified atom stereocenters. The molecule has 0 radical (unpaired) electrons. The van der Waals surface area contributed by atoms with Gasteiger partial charge in [-0.25, -0.2) is 13.8 Å². The van der Waals surface area contributed by atoms with Gasteiger partial charge in [0.25, 0.3) is 5.92 Å². The highest BCUT2D eigenvalue weighted by Crippen LogP contribution is 2.46. The van der Waals surface area contributed by atoms with Crippen LogP contribution in [0, 0.1) is 0 Å². The lowest BCUT2D eigenvalue weighted by molar-refractivity contribution is -0.204. The van der Waals surface area contributed by atoms with E-state index in [2.05, 4.69) is 11.9 Å². The predicted molar refractivity (Wildman–Crippen MR) is 75.0 cm³/mol. The molecule has 5 heteroatoms. The number of hydrogen-bond acceptors (Lipinski definition) is 3. The molecule has 108 valence electrons. The molecule has 1 aliphatic heterocycles. The Balaban J connectivity index is 2.10.